The van der Waals surface area contributed by atoms with Crippen molar-refractivity contribution in [2.24, 2.45) is 0 Å². The number of nitrogens with one attached hydrogen (secondary N) is 2. The summed E-state index contributed by atoms with van der Waals surface area (Å²) in [5.41, 5.74) is 4.33. The Morgan fingerprint density at radius 3 is 2.45 bits per heavy atom. The largest absolute Gasteiger partial charge is 0.352 e. The zero-order chi connectivity index (χ0) is 27.7. The number of benzene rings is 3. The molecule has 0 unspecified atom stereocenters. The lowest BCUT2D eigenvalue weighted by molar-refractivity contribution is 0.260. The van der Waals surface area contributed by atoms with Crippen molar-refractivity contribution in [2.75, 3.05) is 42.3 Å². The van der Waals surface area contributed by atoms with Gasteiger partial charge in [-0.3, -0.25) is 9.62 Å². The summed E-state index contributed by atoms with van der Waals surface area (Å²) in [5, 5.41) is 0.809. The van der Waals surface area contributed by atoms with Gasteiger partial charge in [-0.15, -0.1) is 0 Å². The molecule has 206 valence electrons. The average molecular weight is 563 g/mol. The Morgan fingerprint density at radius 2 is 1.68 bits per heavy atom. The summed E-state index contributed by atoms with van der Waals surface area (Å²) in [6, 6.07) is 18.5. The Balaban J connectivity index is 1.16. The van der Waals surface area contributed by atoms with E-state index in [1.807, 2.05) is 24.3 Å². The zero-order valence-electron chi connectivity index (χ0n) is 21.6. The maximum Gasteiger partial charge on any atom is 0.236 e. The average Bonchev–Trinajstić information content (AvgIpc) is 3.32. The van der Waals surface area contributed by atoms with Gasteiger partial charge in [0.15, 0.2) is 17.5 Å². The summed E-state index contributed by atoms with van der Waals surface area (Å²) in [6.45, 7) is 3.88. The standard InChI is InChI=1S/C29H28F2N6O2S/c30-24-8-6-20(16-25(24)31)10-11-36-12-14-37(15-13-36)29-28-27(32-19-33-29)23-17-22(7-9-26(23)34-28)35-40(38,39)18-21-4-2-1-3-5-21/h1-9,16-17,19,34-35H,10-15,18H2. The summed E-state index contributed by atoms with van der Waals surface area (Å²) in [4.78, 5) is 17.0. The van der Waals surface area contributed by atoms with Gasteiger partial charge in [0.25, 0.3) is 0 Å². The lowest BCUT2D eigenvalue weighted by Gasteiger charge is -2.35. The number of fused-ring (bicyclic) bond motifs is 3. The summed E-state index contributed by atoms with van der Waals surface area (Å²) in [6.07, 6.45) is 2.18. The molecule has 3 aromatic carbocycles. The smallest absolute Gasteiger partial charge is 0.236 e. The molecule has 2 aromatic heterocycles. The van der Waals surface area contributed by atoms with Crippen LogP contribution in [0.25, 0.3) is 21.9 Å². The minimum Gasteiger partial charge on any atom is -0.352 e. The van der Waals surface area contributed by atoms with Gasteiger partial charge >= 0.3 is 0 Å². The molecular weight excluding hydrogens is 534 g/mol. The van der Waals surface area contributed by atoms with Gasteiger partial charge in [0.05, 0.1) is 5.75 Å². The highest BCUT2D eigenvalue weighted by Gasteiger charge is 2.22. The molecule has 6 rings (SSSR count). The third-order valence-corrected chi connectivity index (χ3v) is 8.47. The third-order valence-electron chi connectivity index (χ3n) is 7.21. The molecule has 1 aliphatic heterocycles. The molecule has 1 fully saturated rings. The Hall–Kier alpha value is -4.09. The monoisotopic (exact) mass is 562 g/mol. The van der Waals surface area contributed by atoms with E-state index in [-0.39, 0.29) is 5.75 Å². The molecule has 2 N–H and O–H groups in total. The fourth-order valence-corrected chi connectivity index (χ4v) is 6.35. The van der Waals surface area contributed by atoms with Crippen LogP contribution in [-0.4, -0.2) is 61.0 Å². The first-order valence-electron chi connectivity index (χ1n) is 13.1. The summed E-state index contributed by atoms with van der Waals surface area (Å²) in [7, 11) is -3.59. The van der Waals surface area contributed by atoms with Crippen LogP contribution in [0.3, 0.4) is 0 Å². The maximum absolute atomic E-state index is 13.5. The van der Waals surface area contributed by atoms with Crippen LogP contribution >= 0.6 is 0 Å². The van der Waals surface area contributed by atoms with Crippen molar-refractivity contribution in [3.63, 3.8) is 0 Å². The Morgan fingerprint density at radius 1 is 0.875 bits per heavy atom. The van der Waals surface area contributed by atoms with E-state index in [9.17, 15) is 17.2 Å². The fraction of sp³-hybridized carbons (Fsp3) is 0.241. The van der Waals surface area contributed by atoms with Gasteiger partial charge in [-0.25, -0.2) is 27.2 Å². The number of hydrogen-bond acceptors (Lipinski definition) is 6. The number of nitrogens with zero attached hydrogens (tertiary/aromatic N) is 4. The van der Waals surface area contributed by atoms with Crippen LogP contribution in [0, 0.1) is 11.6 Å². The Kier molecular flexibility index (Phi) is 7.07. The quantitative estimate of drug-likeness (QED) is 0.285. The number of rotatable bonds is 8. The number of sulfonamides is 1. The predicted molar refractivity (Wildman–Crippen MR) is 153 cm³/mol. The highest BCUT2D eigenvalue weighted by Crippen LogP contribution is 2.31. The molecule has 0 radical (unpaired) electrons. The van der Waals surface area contributed by atoms with E-state index in [1.165, 1.54) is 18.5 Å². The van der Waals surface area contributed by atoms with Crippen molar-refractivity contribution in [3.05, 3.63) is 95.8 Å². The molecule has 0 spiro atoms. The first-order valence-corrected chi connectivity index (χ1v) is 14.7. The molecule has 0 atom stereocenters. The number of hydrogen-bond donors (Lipinski definition) is 2. The highest BCUT2D eigenvalue weighted by molar-refractivity contribution is 7.91. The fourth-order valence-electron chi connectivity index (χ4n) is 5.16. The summed E-state index contributed by atoms with van der Waals surface area (Å²) in [5.74, 6) is -0.956. The van der Waals surface area contributed by atoms with E-state index >= 15 is 0 Å². The second kappa shape index (κ2) is 10.8. The van der Waals surface area contributed by atoms with Gasteiger partial charge in [0.1, 0.15) is 17.4 Å². The van der Waals surface area contributed by atoms with Crippen LogP contribution in [0.1, 0.15) is 11.1 Å². The molecule has 1 aliphatic rings. The van der Waals surface area contributed by atoms with E-state index < -0.39 is 21.7 Å². The molecule has 5 aromatic rings. The maximum atomic E-state index is 13.5. The van der Waals surface area contributed by atoms with Crippen LogP contribution in [-0.2, 0) is 22.2 Å². The van der Waals surface area contributed by atoms with Crippen molar-refractivity contribution in [1.82, 2.24) is 19.9 Å². The van der Waals surface area contributed by atoms with Crippen LogP contribution < -0.4 is 9.62 Å². The van der Waals surface area contributed by atoms with Crippen molar-refractivity contribution < 1.29 is 17.2 Å². The van der Waals surface area contributed by atoms with E-state index in [1.54, 1.807) is 30.3 Å². The Labute approximate surface area is 230 Å². The van der Waals surface area contributed by atoms with Gasteiger partial charge < -0.3 is 9.88 Å². The number of aromatic amines is 1. The van der Waals surface area contributed by atoms with Crippen molar-refractivity contribution in [1.29, 1.82) is 0 Å². The lowest BCUT2D eigenvalue weighted by atomic mass is 10.1. The molecule has 11 heteroatoms. The third kappa shape index (κ3) is 5.61. The predicted octanol–water partition coefficient (Wildman–Crippen LogP) is 4.70. The van der Waals surface area contributed by atoms with E-state index in [2.05, 4.69) is 29.5 Å². The molecule has 0 bridgehead atoms. The highest BCUT2D eigenvalue weighted by atomic mass is 32.2. The van der Waals surface area contributed by atoms with Gasteiger partial charge in [-0.1, -0.05) is 36.4 Å². The SMILES string of the molecule is O=S(=O)(Cc1ccccc1)Nc1ccc2[nH]c3c(N4CCN(CCc5ccc(F)c(F)c5)CC4)ncnc3c2c1. The second-order valence-electron chi connectivity index (χ2n) is 9.98. The van der Waals surface area contributed by atoms with E-state index in [0.29, 0.717) is 17.7 Å². The van der Waals surface area contributed by atoms with Gasteiger partial charge in [-0.2, -0.15) is 0 Å². The summed E-state index contributed by atoms with van der Waals surface area (Å²) < 4.78 is 54.9. The van der Waals surface area contributed by atoms with Crippen LogP contribution in [0.2, 0.25) is 0 Å². The first-order chi connectivity index (χ1) is 19.3. The molecular formula is C29H28F2N6O2S. The van der Waals surface area contributed by atoms with Crippen molar-refractivity contribution in [2.45, 2.75) is 12.2 Å². The molecule has 0 saturated carbocycles. The van der Waals surface area contributed by atoms with Gasteiger partial charge in [-0.05, 0) is 47.9 Å². The summed E-state index contributed by atoms with van der Waals surface area (Å²) >= 11 is 0. The lowest BCUT2D eigenvalue weighted by Crippen LogP contribution is -2.47. The van der Waals surface area contributed by atoms with Crippen molar-refractivity contribution in [3.8, 4) is 0 Å². The van der Waals surface area contributed by atoms with Crippen LogP contribution in [0.5, 0.6) is 0 Å². The minimum atomic E-state index is -3.59. The number of piperazine rings is 1. The Bertz CT molecular complexity index is 1770. The molecule has 0 amide bonds. The normalized spacial score (nSPS) is 14.7. The minimum absolute atomic E-state index is 0.112. The van der Waals surface area contributed by atoms with Gasteiger partial charge in [0, 0.05) is 49.3 Å². The van der Waals surface area contributed by atoms with E-state index in [4.69, 9.17) is 0 Å². The number of aromatic nitrogens is 3. The topological polar surface area (TPSA) is 94.2 Å². The molecule has 40 heavy (non-hydrogen) atoms. The number of H-pyrrole nitrogens is 1. The van der Waals surface area contributed by atoms with Crippen molar-refractivity contribution >= 4 is 43.5 Å². The second-order valence-corrected chi connectivity index (χ2v) is 11.7. The molecule has 0 aliphatic carbocycles. The number of anilines is 2. The van der Waals surface area contributed by atoms with Gasteiger partial charge in [0.2, 0.25) is 10.0 Å². The zero-order valence-corrected chi connectivity index (χ0v) is 22.5. The van der Waals surface area contributed by atoms with Crippen LogP contribution in [0.15, 0.2) is 73.1 Å². The first kappa shape index (κ1) is 26.1. The molecule has 1 saturated heterocycles. The van der Waals surface area contributed by atoms with E-state index in [0.717, 1.165) is 66.0 Å². The number of halogens is 2. The molecule has 3 heterocycles. The van der Waals surface area contributed by atoms with Crippen LogP contribution in [0.4, 0.5) is 20.3 Å². The molecule has 8 nitrogen and oxygen atoms in total.